The Hall–Kier alpha value is -2.60. The summed E-state index contributed by atoms with van der Waals surface area (Å²) in [6.07, 6.45) is -4.02. The number of carbonyl (C=O) groups excluding carboxylic acids is 1. The fourth-order valence-electron chi connectivity index (χ4n) is 2.98. The Morgan fingerprint density at radius 2 is 1.94 bits per heavy atom. The van der Waals surface area contributed by atoms with Crippen molar-refractivity contribution in [1.29, 1.82) is 0 Å². The molecule has 1 fully saturated rings. The first-order valence-corrected chi connectivity index (χ1v) is 10.8. The predicted octanol–water partition coefficient (Wildman–Crippen LogP) is 4.90. The van der Waals surface area contributed by atoms with Crippen LogP contribution in [0.3, 0.4) is 0 Å². The average molecular weight is 521 g/mol. The van der Waals surface area contributed by atoms with E-state index in [0.29, 0.717) is 10.2 Å². The van der Waals surface area contributed by atoms with Crippen LogP contribution in [-0.4, -0.2) is 29.6 Å². The molecular formula is C19H13BrF4N2O4S. The number of nitrogens with zero attached hydrogens (tertiary/aromatic N) is 1. The van der Waals surface area contributed by atoms with Crippen LogP contribution in [0.2, 0.25) is 0 Å². The average Bonchev–Trinajstić information content (AvgIpc) is 3.05. The number of nitrogens with one attached hydrogen (secondary N) is 1. The van der Waals surface area contributed by atoms with E-state index in [4.69, 9.17) is 4.42 Å². The number of alkyl halides is 3. The Bertz CT molecular complexity index is 1190. The molecule has 1 unspecified atom stereocenters. The second kappa shape index (κ2) is 8.15. The van der Waals surface area contributed by atoms with Gasteiger partial charge >= 0.3 is 6.36 Å². The monoisotopic (exact) mass is 520 g/mol. The van der Waals surface area contributed by atoms with Gasteiger partial charge in [-0.15, -0.1) is 13.2 Å². The fraction of sp³-hybridized carbons (Fsp3) is 0.211. The minimum Gasteiger partial charge on any atom is -0.451 e. The van der Waals surface area contributed by atoms with Gasteiger partial charge in [-0.25, -0.2) is 8.60 Å². The number of hydrogen-bond donors (Lipinski definition) is 1. The van der Waals surface area contributed by atoms with E-state index < -0.39 is 39.7 Å². The lowest BCUT2D eigenvalue weighted by molar-refractivity contribution is -0.275. The summed E-state index contributed by atoms with van der Waals surface area (Å²) in [5.41, 5.74) is 0.741. The van der Waals surface area contributed by atoms with Crippen molar-refractivity contribution in [2.45, 2.75) is 17.7 Å². The van der Waals surface area contributed by atoms with Crippen molar-refractivity contribution in [1.82, 2.24) is 4.72 Å². The standard InChI is InChI=1S/C19H13BrF4N2O4S/c20-10-2-3-14(30-19(22,23)24)17(6-10)31(28)25-18(27)16-9-12-13(21)7-11(8-15(12)29-16)26-4-1-5-26/h2-3,6-9H,1,4-5H2,(H,25,27). The summed E-state index contributed by atoms with van der Waals surface area (Å²) >= 11 is 3.07. The zero-order chi connectivity index (χ0) is 22.3. The molecule has 0 spiro atoms. The van der Waals surface area contributed by atoms with Crippen molar-refractivity contribution in [2.75, 3.05) is 18.0 Å². The second-order valence-electron chi connectivity index (χ2n) is 6.63. The second-order valence-corrected chi connectivity index (χ2v) is 8.73. The lowest BCUT2D eigenvalue weighted by Gasteiger charge is -2.33. The first kappa shape index (κ1) is 21.6. The van der Waals surface area contributed by atoms with Crippen LogP contribution in [-0.2, 0) is 11.0 Å². The van der Waals surface area contributed by atoms with Crippen LogP contribution in [0, 0.1) is 5.82 Å². The van der Waals surface area contributed by atoms with E-state index in [1.54, 1.807) is 6.07 Å². The van der Waals surface area contributed by atoms with E-state index in [0.717, 1.165) is 37.7 Å². The van der Waals surface area contributed by atoms with Crippen molar-refractivity contribution in [3.63, 3.8) is 0 Å². The highest BCUT2D eigenvalue weighted by molar-refractivity contribution is 9.10. The third kappa shape index (κ3) is 4.69. The molecule has 4 rings (SSSR count). The normalized spacial score (nSPS) is 14.9. The Labute approximate surface area is 183 Å². The largest absolute Gasteiger partial charge is 0.573 e. The van der Waals surface area contributed by atoms with Crippen LogP contribution in [0.1, 0.15) is 17.0 Å². The summed E-state index contributed by atoms with van der Waals surface area (Å²) in [5.74, 6) is -2.64. The third-order valence-electron chi connectivity index (χ3n) is 4.53. The molecule has 1 aliphatic heterocycles. The molecule has 1 aromatic heterocycles. The Kier molecular flexibility index (Phi) is 5.69. The Morgan fingerprint density at radius 1 is 1.19 bits per heavy atom. The molecule has 0 aliphatic carbocycles. The van der Waals surface area contributed by atoms with Crippen LogP contribution in [0.4, 0.5) is 23.2 Å². The molecule has 1 aliphatic rings. The summed E-state index contributed by atoms with van der Waals surface area (Å²) < 4.78 is 76.5. The van der Waals surface area contributed by atoms with E-state index in [9.17, 15) is 26.6 Å². The number of anilines is 1. The van der Waals surface area contributed by atoms with Gasteiger partial charge in [0, 0.05) is 35.4 Å². The number of benzene rings is 2. The van der Waals surface area contributed by atoms with Gasteiger partial charge in [0.25, 0.3) is 5.91 Å². The van der Waals surface area contributed by atoms with Crippen molar-refractivity contribution in [3.05, 3.63) is 52.4 Å². The number of fused-ring (bicyclic) bond motifs is 1. The summed E-state index contributed by atoms with van der Waals surface area (Å²) in [6, 6.07) is 7.42. The number of furan rings is 1. The molecule has 1 saturated heterocycles. The minimum absolute atomic E-state index is 0.0590. The van der Waals surface area contributed by atoms with Crippen molar-refractivity contribution in [3.8, 4) is 5.75 Å². The molecule has 31 heavy (non-hydrogen) atoms. The van der Waals surface area contributed by atoms with Crippen LogP contribution < -0.4 is 14.4 Å². The highest BCUT2D eigenvalue weighted by atomic mass is 79.9. The van der Waals surface area contributed by atoms with Crippen molar-refractivity contribution < 1.29 is 35.7 Å². The van der Waals surface area contributed by atoms with Gasteiger partial charge in [0.05, 0.1) is 5.39 Å². The zero-order valence-corrected chi connectivity index (χ0v) is 17.9. The number of halogens is 5. The number of ether oxygens (including phenoxy) is 1. The molecule has 6 nitrogen and oxygen atoms in total. The van der Waals surface area contributed by atoms with Crippen molar-refractivity contribution >= 4 is 49.5 Å². The van der Waals surface area contributed by atoms with Gasteiger partial charge in [0.1, 0.15) is 22.0 Å². The quantitative estimate of drug-likeness (QED) is 0.484. The van der Waals surface area contributed by atoms with Gasteiger partial charge in [0.15, 0.2) is 16.7 Å². The smallest absolute Gasteiger partial charge is 0.451 e. The lowest BCUT2D eigenvalue weighted by atomic mass is 10.1. The van der Waals surface area contributed by atoms with Crippen LogP contribution in [0.5, 0.6) is 5.75 Å². The van der Waals surface area contributed by atoms with Gasteiger partial charge in [-0.05, 0) is 30.7 Å². The van der Waals surface area contributed by atoms with Crippen LogP contribution >= 0.6 is 15.9 Å². The topological polar surface area (TPSA) is 71.8 Å². The summed E-state index contributed by atoms with van der Waals surface area (Å²) in [4.78, 5) is 14.0. The highest BCUT2D eigenvalue weighted by Gasteiger charge is 2.33. The molecule has 3 aromatic rings. The van der Waals surface area contributed by atoms with Gasteiger partial charge in [-0.3, -0.25) is 9.52 Å². The molecule has 1 atom stereocenters. The summed E-state index contributed by atoms with van der Waals surface area (Å²) in [5, 5.41) is 0.0590. The summed E-state index contributed by atoms with van der Waals surface area (Å²) in [6.45, 7) is 1.57. The maximum atomic E-state index is 14.4. The molecular weight excluding hydrogens is 508 g/mol. The zero-order valence-electron chi connectivity index (χ0n) is 15.5. The molecule has 0 saturated carbocycles. The fourth-order valence-corrected chi connectivity index (χ4v) is 4.39. The predicted molar refractivity (Wildman–Crippen MR) is 108 cm³/mol. The SMILES string of the molecule is O=C(NS(=O)c1cc(Br)ccc1OC(F)(F)F)c1cc2c(F)cc(N3CCC3)cc2o1. The number of hydrogen-bond acceptors (Lipinski definition) is 5. The van der Waals surface area contributed by atoms with Crippen LogP contribution in [0.15, 0.2) is 50.2 Å². The number of rotatable bonds is 5. The molecule has 1 N–H and O–H groups in total. The minimum atomic E-state index is -5.01. The number of amides is 1. The highest BCUT2D eigenvalue weighted by Crippen LogP contribution is 2.32. The molecule has 0 radical (unpaired) electrons. The van der Waals surface area contributed by atoms with Gasteiger partial charge in [0.2, 0.25) is 0 Å². The molecule has 2 aromatic carbocycles. The Morgan fingerprint density at radius 3 is 2.58 bits per heavy atom. The molecule has 12 heteroatoms. The van der Waals surface area contributed by atoms with E-state index in [1.807, 2.05) is 9.62 Å². The first-order chi connectivity index (χ1) is 14.6. The molecule has 1 amide bonds. The third-order valence-corrected chi connectivity index (χ3v) is 6.12. The van der Waals surface area contributed by atoms with E-state index in [-0.39, 0.29) is 16.7 Å². The van der Waals surface area contributed by atoms with E-state index in [1.165, 1.54) is 12.1 Å². The lowest BCUT2D eigenvalue weighted by Crippen LogP contribution is -2.36. The van der Waals surface area contributed by atoms with E-state index >= 15 is 0 Å². The molecule has 164 valence electrons. The molecule has 0 bridgehead atoms. The van der Waals surface area contributed by atoms with Crippen LogP contribution in [0.25, 0.3) is 11.0 Å². The first-order valence-electron chi connectivity index (χ1n) is 8.87. The number of carbonyl (C=O) groups is 1. The van der Waals surface area contributed by atoms with Gasteiger partial charge in [-0.2, -0.15) is 0 Å². The van der Waals surface area contributed by atoms with E-state index in [2.05, 4.69) is 20.7 Å². The summed E-state index contributed by atoms with van der Waals surface area (Å²) in [7, 11) is -2.42. The Balaban J connectivity index is 1.58. The van der Waals surface area contributed by atoms with Gasteiger partial charge in [-0.1, -0.05) is 15.9 Å². The molecule has 2 heterocycles. The maximum Gasteiger partial charge on any atom is 0.573 e. The van der Waals surface area contributed by atoms with Crippen molar-refractivity contribution in [2.24, 2.45) is 0 Å². The maximum absolute atomic E-state index is 14.4. The van der Waals surface area contributed by atoms with Gasteiger partial charge < -0.3 is 14.1 Å².